The molecule has 6 nitrogen and oxygen atoms in total. The molecular weight excluding hydrogens is 308 g/mol. The molecule has 2 unspecified atom stereocenters. The van der Waals surface area contributed by atoms with Crippen molar-refractivity contribution in [3.8, 4) is 0 Å². The van der Waals surface area contributed by atoms with Crippen molar-refractivity contribution in [3.05, 3.63) is 42.0 Å². The van der Waals surface area contributed by atoms with E-state index in [0.29, 0.717) is 25.1 Å². The molecule has 24 heavy (non-hydrogen) atoms. The number of amides is 2. The van der Waals surface area contributed by atoms with E-state index in [1.165, 1.54) is 6.92 Å². The molecule has 128 valence electrons. The third kappa shape index (κ3) is 4.44. The first-order valence-electron chi connectivity index (χ1n) is 7.87. The van der Waals surface area contributed by atoms with Gasteiger partial charge in [0, 0.05) is 26.2 Å². The Hall–Kier alpha value is -2.63. The van der Waals surface area contributed by atoms with Crippen molar-refractivity contribution >= 4 is 23.5 Å². The van der Waals surface area contributed by atoms with Gasteiger partial charge >= 0.3 is 5.97 Å². The average Bonchev–Trinajstić information content (AvgIpc) is 2.55. The number of hydrogen-bond acceptors (Lipinski definition) is 3. The van der Waals surface area contributed by atoms with Crippen molar-refractivity contribution in [2.24, 2.45) is 11.8 Å². The van der Waals surface area contributed by atoms with E-state index in [1.807, 2.05) is 12.1 Å². The molecule has 2 atom stereocenters. The Morgan fingerprint density at radius 1 is 1.21 bits per heavy atom. The van der Waals surface area contributed by atoms with Gasteiger partial charge in [-0.15, -0.1) is 0 Å². The average molecular weight is 330 g/mol. The molecule has 2 N–H and O–H groups in total. The van der Waals surface area contributed by atoms with Gasteiger partial charge < -0.3 is 15.3 Å². The first kappa shape index (κ1) is 17.7. The maximum absolute atomic E-state index is 12.5. The van der Waals surface area contributed by atoms with Crippen molar-refractivity contribution in [1.29, 1.82) is 0 Å². The van der Waals surface area contributed by atoms with Crippen LogP contribution in [0.3, 0.4) is 0 Å². The standard InChI is InChI=1S/C18H22N2O4/c1-12(21)20(2)11-13-6-5-7-14(10-13)19-17(22)15-8-3-4-9-16(15)18(23)24/h3-7,10,15-16H,8-9,11H2,1-2H3,(H,19,22)(H,23,24). The Morgan fingerprint density at radius 3 is 2.50 bits per heavy atom. The van der Waals surface area contributed by atoms with Crippen molar-refractivity contribution in [2.45, 2.75) is 26.3 Å². The van der Waals surface area contributed by atoms with Crippen LogP contribution in [0.5, 0.6) is 0 Å². The van der Waals surface area contributed by atoms with Crippen molar-refractivity contribution in [1.82, 2.24) is 4.90 Å². The van der Waals surface area contributed by atoms with Gasteiger partial charge in [0.25, 0.3) is 0 Å². The van der Waals surface area contributed by atoms with E-state index in [-0.39, 0.29) is 11.8 Å². The smallest absolute Gasteiger partial charge is 0.307 e. The summed E-state index contributed by atoms with van der Waals surface area (Å²) >= 11 is 0. The van der Waals surface area contributed by atoms with Crippen LogP contribution < -0.4 is 5.32 Å². The second-order valence-electron chi connectivity index (χ2n) is 6.06. The zero-order chi connectivity index (χ0) is 17.7. The third-order valence-corrected chi connectivity index (χ3v) is 4.24. The summed E-state index contributed by atoms with van der Waals surface area (Å²) in [6.07, 6.45) is 4.45. The number of hydrogen-bond donors (Lipinski definition) is 2. The highest BCUT2D eigenvalue weighted by atomic mass is 16.4. The van der Waals surface area contributed by atoms with E-state index in [1.54, 1.807) is 36.2 Å². The summed E-state index contributed by atoms with van der Waals surface area (Å²) in [6.45, 7) is 1.94. The molecule has 1 aromatic carbocycles. The number of benzene rings is 1. The number of allylic oxidation sites excluding steroid dienone is 2. The summed E-state index contributed by atoms with van der Waals surface area (Å²) in [5.41, 5.74) is 1.50. The fourth-order valence-electron chi connectivity index (χ4n) is 2.74. The zero-order valence-electron chi connectivity index (χ0n) is 13.9. The topological polar surface area (TPSA) is 86.7 Å². The second-order valence-corrected chi connectivity index (χ2v) is 6.06. The maximum atomic E-state index is 12.5. The Morgan fingerprint density at radius 2 is 1.88 bits per heavy atom. The summed E-state index contributed by atoms with van der Waals surface area (Å²) in [5, 5.41) is 12.1. The number of nitrogens with one attached hydrogen (secondary N) is 1. The summed E-state index contributed by atoms with van der Waals surface area (Å²) < 4.78 is 0. The number of carboxylic acids is 1. The highest BCUT2D eigenvalue weighted by Gasteiger charge is 2.33. The van der Waals surface area contributed by atoms with Crippen LogP contribution in [-0.2, 0) is 20.9 Å². The van der Waals surface area contributed by atoms with E-state index in [2.05, 4.69) is 5.32 Å². The lowest BCUT2D eigenvalue weighted by molar-refractivity contribution is -0.146. The largest absolute Gasteiger partial charge is 0.481 e. The van der Waals surface area contributed by atoms with Gasteiger partial charge in [0.15, 0.2) is 0 Å². The zero-order valence-corrected chi connectivity index (χ0v) is 13.9. The Balaban J connectivity index is 2.07. The van der Waals surface area contributed by atoms with Gasteiger partial charge in [0.2, 0.25) is 11.8 Å². The fraction of sp³-hybridized carbons (Fsp3) is 0.389. The van der Waals surface area contributed by atoms with Gasteiger partial charge in [-0.1, -0.05) is 24.3 Å². The summed E-state index contributed by atoms with van der Waals surface area (Å²) in [7, 11) is 1.71. The highest BCUT2D eigenvalue weighted by molar-refractivity contribution is 5.95. The fourth-order valence-corrected chi connectivity index (χ4v) is 2.74. The molecular formula is C18H22N2O4. The Kier molecular flexibility index (Phi) is 5.73. The lowest BCUT2D eigenvalue weighted by Crippen LogP contribution is -2.34. The minimum Gasteiger partial charge on any atom is -0.481 e. The van der Waals surface area contributed by atoms with Gasteiger partial charge in [-0.05, 0) is 30.5 Å². The Bertz CT molecular complexity index is 669. The molecule has 0 bridgehead atoms. The first-order chi connectivity index (χ1) is 11.4. The molecule has 1 aliphatic carbocycles. The van der Waals surface area contributed by atoms with Gasteiger partial charge in [0.05, 0.1) is 11.8 Å². The summed E-state index contributed by atoms with van der Waals surface area (Å²) in [4.78, 5) is 36.6. The molecule has 2 rings (SSSR count). The molecule has 0 saturated heterocycles. The number of carbonyl (C=O) groups excluding carboxylic acids is 2. The van der Waals surface area contributed by atoms with Crippen molar-refractivity contribution in [3.63, 3.8) is 0 Å². The van der Waals surface area contributed by atoms with Gasteiger partial charge in [0.1, 0.15) is 0 Å². The molecule has 0 aromatic heterocycles. The van der Waals surface area contributed by atoms with E-state index in [0.717, 1.165) is 5.56 Å². The molecule has 0 fully saturated rings. The molecule has 0 radical (unpaired) electrons. The first-order valence-corrected chi connectivity index (χ1v) is 7.87. The number of carboxylic acid groups (broad SMARTS) is 1. The van der Waals surface area contributed by atoms with Crippen LogP contribution >= 0.6 is 0 Å². The molecule has 0 spiro atoms. The maximum Gasteiger partial charge on any atom is 0.307 e. The second kappa shape index (κ2) is 7.77. The normalized spacial score (nSPS) is 19.6. The summed E-state index contributed by atoms with van der Waals surface area (Å²) in [6, 6.07) is 7.22. The SMILES string of the molecule is CC(=O)N(C)Cc1cccc(NC(=O)C2CC=CCC2C(=O)O)c1. The van der Waals surface area contributed by atoms with Crippen LogP contribution in [0.15, 0.2) is 36.4 Å². The lowest BCUT2D eigenvalue weighted by Gasteiger charge is -2.24. The summed E-state index contributed by atoms with van der Waals surface area (Å²) in [5.74, 6) is -2.54. The predicted octanol–water partition coefficient (Wildman–Crippen LogP) is 2.27. The molecule has 1 aromatic rings. The quantitative estimate of drug-likeness (QED) is 0.811. The minimum absolute atomic E-state index is 0.0391. The van der Waals surface area contributed by atoms with Gasteiger partial charge in [-0.3, -0.25) is 14.4 Å². The van der Waals surface area contributed by atoms with Crippen LogP contribution in [0, 0.1) is 11.8 Å². The minimum atomic E-state index is -0.948. The highest BCUT2D eigenvalue weighted by Crippen LogP contribution is 2.27. The van der Waals surface area contributed by atoms with E-state index >= 15 is 0 Å². The number of anilines is 1. The van der Waals surface area contributed by atoms with Gasteiger partial charge in [-0.25, -0.2) is 0 Å². The lowest BCUT2D eigenvalue weighted by atomic mass is 9.82. The molecule has 0 aliphatic heterocycles. The van der Waals surface area contributed by atoms with Crippen LogP contribution in [0.25, 0.3) is 0 Å². The molecule has 2 amide bonds. The van der Waals surface area contributed by atoms with E-state index < -0.39 is 17.8 Å². The van der Waals surface area contributed by atoms with E-state index in [9.17, 15) is 19.5 Å². The van der Waals surface area contributed by atoms with E-state index in [4.69, 9.17) is 0 Å². The molecule has 0 heterocycles. The Labute approximate surface area is 141 Å². The van der Waals surface area contributed by atoms with Crippen molar-refractivity contribution < 1.29 is 19.5 Å². The number of carbonyl (C=O) groups is 3. The number of aliphatic carboxylic acids is 1. The van der Waals surface area contributed by atoms with Crippen LogP contribution in [-0.4, -0.2) is 34.8 Å². The van der Waals surface area contributed by atoms with Gasteiger partial charge in [-0.2, -0.15) is 0 Å². The molecule has 1 aliphatic rings. The van der Waals surface area contributed by atoms with Crippen LogP contribution in [0.1, 0.15) is 25.3 Å². The van der Waals surface area contributed by atoms with Crippen LogP contribution in [0.4, 0.5) is 5.69 Å². The van der Waals surface area contributed by atoms with Crippen LogP contribution in [0.2, 0.25) is 0 Å². The molecule has 6 heteroatoms. The number of rotatable bonds is 5. The third-order valence-electron chi connectivity index (χ3n) is 4.24. The molecule has 0 saturated carbocycles. The predicted molar refractivity (Wildman–Crippen MR) is 90.2 cm³/mol. The van der Waals surface area contributed by atoms with Crippen molar-refractivity contribution in [2.75, 3.05) is 12.4 Å². The monoisotopic (exact) mass is 330 g/mol. The number of nitrogens with zero attached hydrogens (tertiary/aromatic N) is 1.